The highest BCUT2D eigenvalue weighted by Crippen LogP contribution is 2.42. The summed E-state index contributed by atoms with van der Waals surface area (Å²) in [5, 5.41) is 13.7. The van der Waals surface area contributed by atoms with E-state index in [1.165, 1.54) is 53.7 Å². The fourth-order valence-electron chi connectivity index (χ4n) is 3.05. The van der Waals surface area contributed by atoms with Gasteiger partial charge in [-0.15, -0.1) is 11.8 Å². The molecule has 188 valence electrons. The summed E-state index contributed by atoms with van der Waals surface area (Å²) in [6.45, 7) is 12.6. The maximum Gasteiger partial charge on any atom is 0.234 e. The molecule has 0 atom stereocenters. The zero-order valence-corrected chi connectivity index (χ0v) is 23.3. The molecule has 0 saturated heterocycles. The molecule has 2 rings (SSSR count). The molecule has 0 aromatic heterocycles. The number of para-hydroxylation sites is 1. The van der Waals surface area contributed by atoms with Crippen molar-refractivity contribution in [2.45, 2.75) is 79.6 Å². The highest BCUT2D eigenvalue weighted by atomic mass is 32.2. The molecule has 1 amide bonds. The molecule has 2 aromatic carbocycles. The van der Waals surface area contributed by atoms with Crippen molar-refractivity contribution < 1.29 is 26.7 Å². The van der Waals surface area contributed by atoms with Crippen LogP contribution in [0.1, 0.15) is 52.7 Å². The van der Waals surface area contributed by atoms with Gasteiger partial charge in [0.1, 0.15) is 9.79 Å². The Kier molecular flexibility index (Phi) is 7.92. The Morgan fingerprint density at radius 2 is 1.29 bits per heavy atom. The van der Waals surface area contributed by atoms with Crippen molar-refractivity contribution in [3.8, 4) is 5.75 Å². The van der Waals surface area contributed by atoms with Crippen LogP contribution in [-0.4, -0.2) is 43.1 Å². The molecule has 2 aromatic rings. The molecule has 0 fully saturated rings. The highest BCUT2D eigenvalue weighted by molar-refractivity contribution is 8.00. The molecule has 0 aliphatic carbocycles. The molecule has 7 nitrogen and oxygen atoms in total. The first-order valence-corrected chi connectivity index (χ1v) is 14.6. The molecule has 10 heteroatoms. The Labute approximate surface area is 207 Å². The van der Waals surface area contributed by atoms with Gasteiger partial charge in [0.05, 0.1) is 15.2 Å². The molecule has 34 heavy (non-hydrogen) atoms. The summed E-state index contributed by atoms with van der Waals surface area (Å²) in [5.41, 5.74) is 2.51. The van der Waals surface area contributed by atoms with Gasteiger partial charge in [-0.2, -0.15) is 0 Å². The predicted octanol–water partition coefficient (Wildman–Crippen LogP) is 4.88. The van der Waals surface area contributed by atoms with Gasteiger partial charge >= 0.3 is 0 Å². The first-order chi connectivity index (χ1) is 15.3. The van der Waals surface area contributed by atoms with Crippen LogP contribution in [0, 0.1) is 13.8 Å². The maximum absolute atomic E-state index is 13.2. The quantitative estimate of drug-likeness (QED) is 0.514. The normalized spacial score (nSPS) is 13.1. The molecule has 0 aliphatic rings. The smallest absolute Gasteiger partial charge is 0.234 e. The van der Waals surface area contributed by atoms with E-state index in [1.54, 1.807) is 0 Å². The number of amides is 1. The summed E-state index contributed by atoms with van der Waals surface area (Å²) in [6, 6.07) is 8.11. The summed E-state index contributed by atoms with van der Waals surface area (Å²) >= 11 is 0.998. The molecule has 0 radical (unpaired) electrons. The van der Waals surface area contributed by atoms with Gasteiger partial charge in [-0.3, -0.25) is 4.79 Å². The van der Waals surface area contributed by atoms with Crippen molar-refractivity contribution in [2.75, 3.05) is 11.1 Å². The van der Waals surface area contributed by atoms with E-state index in [2.05, 4.69) is 5.32 Å². The van der Waals surface area contributed by atoms with E-state index in [-0.39, 0.29) is 16.6 Å². The maximum atomic E-state index is 13.2. The lowest BCUT2D eigenvalue weighted by molar-refractivity contribution is -0.113. The number of thioether (sulfide) groups is 1. The Morgan fingerprint density at radius 1 is 0.882 bits per heavy atom. The summed E-state index contributed by atoms with van der Waals surface area (Å²) < 4.78 is 50.1. The average Bonchev–Trinajstić information content (AvgIpc) is 2.68. The van der Waals surface area contributed by atoms with E-state index >= 15 is 0 Å². The first-order valence-electron chi connectivity index (χ1n) is 10.7. The number of hydrogen-bond donors (Lipinski definition) is 2. The molecule has 0 saturated carbocycles. The Morgan fingerprint density at radius 3 is 1.68 bits per heavy atom. The summed E-state index contributed by atoms with van der Waals surface area (Å²) in [4.78, 5) is 11.9. The summed E-state index contributed by atoms with van der Waals surface area (Å²) in [6.07, 6.45) is 0. The fourth-order valence-corrected chi connectivity index (χ4v) is 6.65. The zero-order chi connectivity index (χ0) is 26.3. The highest BCUT2D eigenvalue weighted by Gasteiger charge is 2.39. The van der Waals surface area contributed by atoms with Crippen molar-refractivity contribution >= 4 is 43.0 Å². The van der Waals surface area contributed by atoms with E-state index in [1.807, 2.05) is 32.0 Å². The third kappa shape index (κ3) is 5.60. The minimum atomic E-state index is -4.08. The number of aromatic hydroxyl groups is 1. The number of carbonyl (C=O) groups is 1. The summed E-state index contributed by atoms with van der Waals surface area (Å²) in [7, 11) is -8.17. The fraction of sp³-hybridized carbons (Fsp3) is 0.458. The van der Waals surface area contributed by atoms with Crippen molar-refractivity contribution in [1.82, 2.24) is 0 Å². The number of nitrogens with one attached hydrogen (secondary N) is 1. The minimum absolute atomic E-state index is 0.0808. The topological polar surface area (TPSA) is 118 Å². The van der Waals surface area contributed by atoms with E-state index < -0.39 is 44.7 Å². The summed E-state index contributed by atoms with van der Waals surface area (Å²) in [5.74, 6) is -1.20. The van der Waals surface area contributed by atoms with Crippen LogP contribution in [-0.2, 0) is 24.5 Å². The van der Waals surface area contributed by atoms with Gasteiger partial charge in [0.25, 0.3) is 0 Å². The number of phenols is 1. The third-order valence-electron chi connectivity index (χ3n) is 5.32. The molecule has 2 N–H and O–H groups in total. The number of benzene rings is 2. The van der Waals surface area contributed by atoms with Crippen molar-refractivity contribution in [3.63, 3.8) is 0 Å². The Hall–Kier alpha value is -2.04. The Bertz CT molecular complexity index is 1230. The molecular weight excluding hydrogens is 494 g/mol. The molecule has 0 spiro atoms. The van der Waals surface area contributed by atoms with Crippen LogP contribution in [0.25, 0.3) is 0 Å². The van der Waals surface area contributed by atoms with E-state index in [4.69, 9.17) is 0 Å². The van der Waals surface area contributed by atoms with Crippen LogP contribution >= 0.6 is 11.8 Å². The van der Waals surface area contributed by atoms with Gasteiger partial charge in [-0.25, -0.2) is 16.8 Å². The SMILES string of the molecule is Cc1cccc(C)c1NC(=O)CSc1cc(S(=O)(=O)C(C)(C)C)c(O)c(S(=O)(=O)C(C)(C)C)c1. The number of hydrogen-bond acceptors (Lipinski definition) is 7. The van der Waals surface area contributed by atoms with Gasteiger partial charge in [0.2, 0.25) is 5.91 Å². The van der Waals surface area contributed by atoms with Gasteiger partial charge in [-0.05, 0) is 78.6 Å². The van der Waals surface area contributed by atoms with E-state index in [9.17, 15) is 26.7 Å². The second kappa shape index (κ2) is 9.54. The average molecular weight is 528 g/mol. The van der Waals surface area contributed by atoms with Crippen molar-refractivity contribution in [1.29, 1.82) is 0 Å². The van der Waals surface area contributed by atoms with Crippen LogP contribution in [0.4, 0.5) is 5.69 Å². The minimum Gasteiger partial charge on any atom is -0.505 e. The molecular formula is C24H33NO6S3. The van der Waals surface area contributed by atoms with Crippen LogP contribution in [0.3, 0.4) is 0 Å². The number of carbonyl (C=O) groups excluding carboxylic acids is 1. The van der Waals surface area contributed by atoms with Crippen LogP contribution in [0.2, 0.25) is 0 Å². The van der Waals surface area contributed by atoms with Gasteiger partial charge in [0, 0.05) is 10.6 Å². The second-order valence-corrected chi connectivity index (χ2v) is 16.5. The van der Waals surface area contributed by atoms with Crippen molar-refractivity contribution in [3.05, 3.63) is 41.5 Å². The van der Waals surface area contributed by atoms with E-state index in [0.29, 0.717) is 5.69 Å². The predicted molar refractivity (Wildman–Crippen MR) is 137 cm³/mol. The number of rotatable bonds is 6. The number of aryl methyl sites for hydroxylation is 2. The van der Waals surface area contributed by atoms with Gasteiger partial charge < -0.3 is 10.4 Å². The Balaban J connectivity index is 2.53. The van der Waals surface area contributed by atoms with Gasteiger partial charge in [-0.1, -0.05) is 18.2 Å². The second-order valence-electron chi connectivity index (χ2n) is 10.1. The molecule has 0 heterocycles. The first kappa shape index (κ1) is 28.2. The number of phenolic OH excluding ortho intramolecular Hbond substituents is 1. The lowest BCUT2D eigenvalue weighted by Crippen LogP contribution is -2.30. The molecule has 0 bridgehead atoms. The lowest BCUT2D eigenvalue weighted by atomic mass is 10.1. The third-order valence-corrected chi connectivity index (χ3v) is 11.3. The number of anilines is 1. The molecule has 0 unspecified atom stereocenters. The monoisotopic (exact) mass is 527 g/mol. The number of sulfone groups is 2. The van der Waals surface area contributed by atoms with Crippen molar-refractivity contribution in [2.24, 2.45) is 0 Å². The zero-order valence-electron chi connectivity index (χ0n) is 20.8. The van der Waals surface area contributed by atoms with Crippen LogP contribution in [0.5, 0.6) is 5.75 Å². The van der Waals surface area contributed by atoms with Crippen LogP contribution in [0.15, 0.2) is 45.0 Å². The van der Waals surface area contributed by atoms with Gasteiger partial charge in [0.15, 0.2) is 25.4 Å². The van der Waals surface area contributed by atoms with E-state index in [0.717, 1.165) is 22.9 Å². The largest absolute Gasteiger partial charge is 0.505 e. The lowest BCUT2D eigenvalue weighted by Gasteiger charge is -2.24. The molecule has 0 aliphatic heterocycles. The van der Waals surface area contributed by atoms with Crippen LogP contribution < -0.4 is 5.32 Å². The standard InChI is InChI=1S/C24H33NO6S3/c1-15-10-9-11-16(2)21(15)25-20(26)14-32-17-12-18(33(28,29)23(3,4)5)22(27)19(13-17)34(30,31)24(6,7)8/h9-13,27H,14H2,1-8H3,(H,25,26).